The van der Waals surface area contributed by atoms with E-state index in [-0.39, 0.29) is 11.4 Å². The van der Waals surface area contributed by atoms with E-state index in [1.165, 1.54) is 0 Å². The van der Waals surface area contributed by atoms with Crippen LogP contribution in [0.2, 0.25) is 0 Å². The zero-order valence-corrected chi connectivity index (χ0v) is 12.4. The summed E-state index contributed by atoms with van der Waals surface area (Å²) in [6.45, 7) is 0. The maximum Gasteiger partial charge on any atom is 0.416 e. The van der Waals surface area contributed by atoms with Crippen molar-refractivity contribution in [3.8, 4) is 0 Å². The van der Waals surface area contributed by atoms with Gasteiger partial charge in [-0.2, -0.15) is 21.6 Å². The van der Waals surface area contributed by atoms with Gasteiger partial charge < -0.3 is 9.15 Å². The Bertz CT molecular complexity index is 826. The second-order valence-corrected chi connectivity index (χ2v) is 5.91. The minimum atomic E-state index is -4.61. The first-order valence-corrected chi connectivity index (χ1v) is 7.50. The Morgan fingerprint density at radius 2 is 1.91 bits per heavy atom. The van der Waals surface area contributed by atoms with Crippen LogP contribution in [0.4, 0.5) is 18.9 Å². The zero-order chi connectivity index (χ0) is 17.3. The Morgan fingerprint density at radius 1 is 1.22 bits per heavy atom. The number of hydrogen-bond acceptors (Lipinski definition) is 5. The van der Waals surface area contributed by atoms with Crippen LogP contribution < -0.4 is 4.72 Å². The van der Waals surface area contributed by atoms with Gasteiger partial charge >= 0.3 is 12.1 Å². The summed E-state index contributed by atoms with van der Waals surface area (Å²) >= 11 is 0. The highest BCUT2D eigenvalue weighted by Gasteiger charge is 2.31. The fourth-order valence-corrected chi connectivity index (χ4v) is 2.62. The Balaban J connectivity index is 2.28. The topological polar surface area (TPSA) is 85.6 Å². The summed E-state index contributed by atoms with van der Waals surface area (Å²) in [5, 5.41) is -0.629. The SMILES string of the molecule is COC(=O)c1ccc(S(=O)(=O)Nc2cccc(C(F)(F)F)c2)o1. The van der Waals surface area contributed by atoms with Crippen molar-refractivity contribution in [2.45, 2.75) is 11.3 Å². The minimum Gasteiger partial charge on any atom is -0.463 e. The van der Waals surface area contributed by atoms with Crippen molar-refractivity contribution < 1.29 is 35.5 Å². The highest BCUT2D eigenvalue weighted by Crippen LogP contribution is 2.31. The van der Waals surface area contributed by atoms with Gasteiger partial charge in [-0.25, -0.2) is 4.79 Å². The van der Waals surface area contributed by atoms with Crippen molar-refractivity contribution >= 4 is 21.7 Å². The van der Waals surface area contributed by atoms with Crippen molar-refractivity contribution in [2.24, 2.45) is 0 Å². The lowest BCUT2D eigenvalue weighted by molar-refractivity contribution is -0.137. The smallest absolute Gasteiger partial charge is 0.416 e. The molecule has 0 unspecified atom stereocenters. The van der Waals surface area contributed by atoms with Crippen LogP contribution in [-0.4, -0.2) is 21.5 Å². The summed E-state index contributed by atoms with van der Waals surface area (Å²) in [6.07, 6.45) is -4.61. The number of furan rings is 1. The van der Waals surface area contributed by atoms with Crippen molar-refractivity contribution in [1.29, 1.82) is 0 Å². The second kappa shape index (κ2) is 5.95. The summed E-state index contributed by atoms with van der Waals surface area (Å²) in [7, 11) is -3.21. The molecule has 0 aliphatic carbocycles. The van der Waals surface area contributed by atoms with Crippen LogP contribution in [0.15, 0.2) is 45.9 Å². The van der Waals surface area contributed by atoms with Crippen molar-refractivity contribution in [2.75, 3.05) is 11.8 Å². The number of benzene rings is 1. The molecule has 1 aromatic heterocycles. The molecule has 0 amide bonds. The quantitative estimate of drug-likeness (QED) is 0.858. The lowest BCUT2D eigenvalue weighted by atomic mass is 10.2. The third-order valence-corrected chi connectivity index (χ3v) is 3.93. The highest BCUT2D eigenvalue weighted by atomic mass is 32.2. The number of ether oxygens (including phenoxy) is 1. The molecule has 0 aliphatic heterocycles. The van der Waals surface area contributed by atoms with Crippen molar-refractivity contribution in [3.05, 3.63) is 47.7 Å². The van der Waals surface area contributed by atoms with Crippen LogP contribution in [0, 0.1) is 0 Å². The third-order valence-electron chi connectivity index (χ3n) is 2.67. The molecular formula is C13H10F3NO5S. The zero-order valence-electron chi connectivity index (χ0n) is 11.5. The molecule has 6 nitrogen and oxygen atoms in total. The van der Waals surface area contributed by atoms with Gasteiger partial charge in [0.1, 0.15) is 0 Å². The summed E-state index contributed by atoms with van der Waals surface area (Å²) in [6, 6.07) is 5.72. The number of anilines is 1. The van der Waals surface area contributed by atoms with E-state index >= 15 is 0 Å². The van der Waals surface area contributed by atoms with Crippen LogP contribution in [0.25, 0.3) is 0 Å². The number of rotatable bonds is 4. The lowest BCUT2D eigenvalue weighted by Crippen LogP contribution is -2.13. The number of halogens is 3. The fourth-order valence-electron chi connectivity index (χ4n) is 1.64. The van der Waals surface area contributed by atoms with E-state index in [4.69, 9.17) is 4.42 Å². The van der Waals surface area contributed by atoms with E-state index in [2.05, 4.69) is 4.74 Å². The number of esters is 1. The number of hydrogen-bond donors (Lipinski definition) is 1. The largest absolute Gasteiger partial charge is 0.463 e. The average Bonchev–Trinajstić information content (AvgIpc) is 2.96. The van der Waals surface area contributed by atoms with Crippen LogP contribution >= 0.6 is 0 Å². The number of carbonyl (C=O) groups is 1. The van der Waals surface area contributed by atoms with Gasteiger partial charge in [-0.1, -0.05) is 6.07 Å². The van der Waals surface area contributed by atoms with Gasteiger partial charge in [0.15, 0.2) is 0 Å². The maximum absolute atomic E-state index is 12.6. The molecule has 124 valence electrons. The van der Waals surface area contributed by atoms with Gasteiger partial charge in [0, 0.05) is 5.69 Å². The van der Waals surface area contributed by atoms with Crippen molar-refractivity contribution in [3.63, 3.8) is 0 Å². The number of carbonyl (C=O) groups excluding carboxylic acids is 1. The molecule has 1 N–H and O–H groups in total. The van der Waals surface area contributed by atoms with Gasteiger partial charge in [-0.3, -0.25) is 4.72 Å². The van der Waals surface area contributed by atoms with Crippen LogP contribution in [-0.2, 0) is 20.9 Å². The maximum atomic E-state index is 12.6. The number of nitrogens with one attached hydrogen (secondary N) is 1. The highest BCUT2D eigenvalue weighted by molar-refractivity contribution is 7.92. The fraction of sp³-hybridized carbons (Fsp3) is 0.154. The number of methoxy groups -OCH3 is 1. The molecule has 23 heavy (non-hydrogen) atoms. The molecule has 10 heteroatoms. The summed E-state index contributed by atoms with van der Waals surface area (Å²) in [5.74, 6) is -1.23. The van der Waals surface area contributed by atoms with E-state index in [0.717, 1.165) is 37.4 Å². The molecular weight excluding hydrogens is 339 g/mol. The molecule has 2 rings (SSSR count). The van der Waals surface area contributed by atoms with E-state index in [0.29, 0.717) is 6.07 Å². The molecule has 2 aromatic rings. The normalized spacial score (nSPS) is 12.0. The summed E-state index contributed by atoms with van der Waals surface area (Å²) < 4.78 is 73.0. The van der Waals surface area contributed by atoms with Crippen LogP contribution in [0.3, 0.4) is 0 Å². The van der Waals surface area contributed by atoms with E-state index < -0.39 is 32.8 Å². The molecule has 0 bridgehead atoms. The molecule has 0 spiro atoms. The van der Waals surface area contributed by atoms with E-state index in [9.17, 15) is 26.4 Å². The number of alkyl halides is 3. The lowest BCUT2D eigenvalue weighted by Gasteiger charge is -2.10. The van der Waals surface area contributed by atoms with Crippen molar-refractivity contribution in [1.82, 2.24) is 0 Å². The summed E-state index contributed by atoms with van der Waals surface area (Å²) in [4.78, 5) is 11.2. The monoisotopic (exact) mass is 349 g/mol. The van der Waals surface area contributed by atoms with Gasteiger partial charge in [0.2, 0.25) is 10.9 Å². The standard InChI is InChI=1S/C13H10F3NO5S/c1-21-12(18)10-5-6-11(22-10)23(19,20)17-9-4-2-3-8(7-9)13(14,15)16/h2-7,17H,1H3. The molecule has 0 atom stereocenters. The van der Waals surface area contributed by atoms with Gasteiger partial charge in [0.05, 0.1) is 12.7 Å². The van der Waals surface area contributed by atoms with E-state index in [1.54, 1.807) is 0 Å². The Morgan fingerprint density at radius 3 is 2.52 bits per heavy atom. The Labute approximate surface area is 128 Å². The van der Waals surface area contributed by atoms with E-state index in [1.807, 2.05) is 4.72 Å². The molecule has 0 fully saturated rings. The van der Waals surface area contributed by atoms with Gasteiger partial charge in [-0.15, -0.1) is 0 Å². The first-order valence-electron chi connectivity index (χ1n) is 6.02. The second-order valence-electron chi connectivity index (χ2n) is 4.29. The first-order chi connectivity index (χ1) is 10.6. The molecule has 1 heterocycles. The van der Waals surface area contributed by atoms with Gasteiger partial charge in [-0.05, 0) is 30.3 Å². The third kappa shape index (κ3) is 3.83. The predicted octanol–water partition coefficient (Wildman–Crippen LogP) is 2.89. The number of sulfonamides is 1. The predicted molar refractivity (Wildman–Crippen MR) is 72.3 cm³/mol. The molecule has 0 saturated carbocycles. The molecule has 1 aromatic carbocycles. The summed E-state index contributed by atoms with van der Waals surface area (Å²) in [5.41, 5.74) is -1.30. The Kier molecular flexibility index (Phi) is 4.37. The average molecular weight is 349 g/mol. The van der Waals surface area contributed by atoms with Crippen LogP contribution in [0.5, 0.6) is 0 Å². The van der Waals surface area contributed by atoms with Crippen LogP contribution in [0.1, 0.15) is 16.1 Å². The Hall–Kier alpha value is -2.49. The van der Waals surface area contributed by atoms with Gasteiger partial charge in [0.25, 0.3) is 10.0 Å². The minimum absolute atomic E-state index is 0.296. The first kappa shape index (κ1) is 16.9. The molecule has 0 aliphatic rings. The molecule has 0 radical (unpaired) electrons. The molecule has 0 saturated heterocycles.